The van der Waals surface area contributed by atoms with Crippen molar-refractivity contribution < 1.29 is 19.1 Å². The molecular weight excluding hydrogens is 270 g/mol. The fourth-order valence-corrected chi connectivity index (χ4v) is 2.29. The van der Waals surface area contributed by atoms with Gasteiger partial charge in [0.2, 0.25) is 5.91 Å². The van der Waals surface area contributed by atoms with Crippen LogP contribution in [-0.4, -0.2) is 31.2 Å². The first-order chi connectivity index (χ1) is 9.96. The van der Waals surface area contributed by atoms with E-state index in [1.54, 1.807) is 0 Å². The van der Waals surface area contributed by atoms with Gasteiger partial charge >= 0.3 is 5.97 Å². The van der Waals surface area contributed by atoms with E-state index in [0.717, 1.165) is 12.8 Å². The molecule has 0 rings (SSSR count). The first-order valence-electron chi connectivity index (χ1n) is 7.62. The van der Waals surface area contributed by atoms with Crippen molar-refractivity contribution in [2.75, 3.05) is 7.11 Å². The molecule has 0 fully saturated rings. The fraction of sp³-hybridized carbons (Fsp3) is 0.750. The summed E-state index contributed by atoms with van der Waals surface area (Å²) in [5, 5.41) is 0. The molecule has 0 bridgehead atoms. The predicted octanol–water partition coefficient (Wildman–Crippen LogP) is 2.58. The summed E-state index contributed by atoms with van der Waals surface area (Å²) < 4.78 is 10.2. The molecule has 3 atom stereocenters. The lowest BCUT2D eigenvalue weighted by atomic mass is 9.99. The molecule has 0 aliphatic heterocycles. The minimum atomic E-state index is -0.903. The molecule has 0 spiro atoms. The van der Waals surface area contributed by atoms with Crippen molar-refractivity contribution in [3.8, 4) is 0 Å². The first kappa shape index (κ1) is 19.6. The molecule has 1 amide bonds. The Kier molecular flexibility index (Phi) is 10.6. The number of rotatable bonds is 11. The van der Waals surface area contributed by atoms with Crippen LogP contribution in [0.1, 0.15) is 52.9 Å². The predicted molar refractivity (Wildman–Crippen MR) is 82.6 cm³/mol. The Labute approximate surface area is 127 Å². The number of ether oxygens (including phenoxy) is 2. The standard InChI is InChI=1S/C16H29NO4/c1-5-9-13(6-2)10-7-8-11-14(21-12(3)18)15(20-4)16(17)19/h7,10,13-15H,5-6,8-9,11H2,1-4H3,(H2,17,19)/b10-7+. The lowest BCUT2D eigenvalue weighted by molar-refractivity contribution is -0.157. The van der Waals surface area contributed by atoms with Gasteiger partial charge in [0.05, 0.1) is 0 Å². The second-order valence-electron chi connectivity index (χ2n) is 5.17. The number of hydrogen-bond donors (Lipinski definition) is 1. The summed E-state index contributed by atoms with van der Waals surface area (Å²) in [6.07, 6.45) is 7.40. The van der Waals surface area contributed by atoms with Crippen LogP contribution in [0.15, 0.2) is 12.2 Å². The second-order valence-corrected chi connectivity index (χ2v) is 5.17. The highest BCUT2D eigenvalue weighted by atomic mass is 16.6. The van der Waals surface area contributed by atoms with E-state index in [1.165, 1.54) is 20.5 Å². The van der Waals surface area contributed by atoms with Crippen LogP contribution in [0.4, 0.5) is 0 Å². The lowest BCUT2D eigenvalue weighted by Gasteiger charge is -2.22. The monoisotopic (exact) mass is 299 g/mol. The highest BCUT2D eigenvalue weighted by molar-refractivity contribution is 5.80. The van der Waals surface area contributed by atoms with Crippen LogP contribution in [0.2, 0.25) is 0 Å². The normalized spacial score (nSPS) is 15.6. The number of amides is 1. The van der Waals surface area contributed by atoms with E-state index >= 15 is 0 Å². The van der Waals surface area contributed by atoms with Crippen LogP contribution in [0.5, 0.6) is 0 Å². The van der Waals surface area contributed by atoms with E-state index in [2.05, 4.69) is 26.0 Å². The van der Waals surface area contributed by atoms with E-state index in [0.29, 0.717) is 18.8 Å². The maximum atomic E-state index is 11.3. The Morgan fingerprint density at radius 1 is 1.24 bits per heavy atom. The van der Waals surface area contributed by atoms with Gasteiger partial charge in [0.25, 0.3) is 0 Å². The van der Waals surface area contributed by atoms with Crippen LogP contribution in [0, 0.1) is 5.92 Å². The van der Waals surface area contributed by atoms with Gasteiger partial charge in [-0.25, -0.2) is 0 Å². The molecule has 0 heterocycles. The van der Waals surface area contributed by atoms with Crippen molar-refractivity contribution in [2.24, 2.45) is 11.7 Å². The number of primary amides is 1. The lowest BCUT2D eigenvalue weighted by Crippen LogP contribution is -2.42. The van der Waals surface area contributed by atoms with E-state index in [1.807, 2.05) is 0 Å². The van der Waals surface area contributed by atoms with Crippen LogP contribution in [0.25, 0.3) is 0 Å². The topological polar surface area (TPSA) is 78.6 Å². The summed E-state index contributed by atoms with van der Waals surface area (Å²) in [5.74, 6) is -0.480. The Morgan fingerprint density at radius 3 is 2.33 bits per heavy atom. The highest BCUT2D eigenvalue weighted by Crippen LogP contribution is 2.15. The Bertz CT molecular complexity index is 341. The molecule has 0 aromatic heterocycles. The van der Waals surface area contributed by atoms with Gasteiger partial charge in [-0.05, 0) is 31.6 Å². The largest absolute Gasteiger partial charge is 0.459 e. The van der Waals surface area contributed by atoms with Gasteiger partial charge in [-0.15, -0.1) is 0 Å². The average Bonchev–Trinajstić information content (AvgIpc) is 2.41. The zero-order chi connectivity index (χ0) is 16.3. The average molecular weight is 299 g/mol. The molecule has 2 N–H and O–H groups in total. The van der Waals surface area contributed by atoms with Gasteiger partial charge in [-0.1, -0.05) is 32.4 Å². The van der Waals surface area contributed by atoms with Crippen molar-refractivity contribution in [1.82, 2.24) is 0 Å². The van der Waals surface area contributed by atoms with Crippen LogP contribution < -0.4 is 5.73 Å². The maximum Gasteiger partial charge on any atom is 0.303 e. The number of hydrogen-bond acceptors (Lipinski definition) is 4. The number of nitrogens with two attached hydrogens (primary N) is 1. The van der Waals surface area contributed by atoms with Crippen LogP contribution >= 0.6 is 0 Å². The third kappa shape index (κ3) is 8.50. The number of methoxy groups -OCH3 is 1. The maximum absolute atomic E-state index is 11.3. The summed E-state index contributed by atoms with van der Waals surface area (Å²) in [7, 11) is 1.39. The minimum absolute atomic E-state index is 0.440. The summed E-state index contributed by atoms with van der Waals surface area (Å²) in [5.41, 5.74) is 5.26. The molecule has 5 heteroatoms. The number of carbonyl (C=O) groups is 2. The molecule has 0 aliphatic carbocycles. The van der Waals surface area contributed by atoms with Crippen molar-refractivity contribution in [3.05, 3.63) is 12.2 Å². The summed E-state index contributed by atoms with van der Waals surface area (Å²) >= 11 is 0. The highest BCUT2D eigenvalue weighted by Gasteiger charge is 2.28. The molecule has 0 radical (unpaired) electrons. The van der Waals surface area contributed by atoms with Crippen LogP contribution in [0.3, 0.4) is 0 Å². The van der Waals surface area contributed by atoms with Gasteiger partial charge in [0.15, 0.2) is 6.10 Å². The first-order valence-corrected chi connectivity index (χ1v) is 7.62. The summed E-state index contributed by atoms with van der Waals surface area (Å²) in [6, 6.07) is 0. The molecule has 0 aromatic carbocycles. The summed E-state index contributed by atoms with van der Waals surface area (Å²) in [4.78, 5) is 22.4. The van der Waals surface area contributed by atoms with Crippen LogP contribution in [-0.2, 0) is 19.1 Å². The molecule has 0 saturated carbocycles. The molecule has 21 heavy (non-hydrogen) atoms. The van der Waals surface area contributed by atoms with Gasteiger partial charge in [0.1, 0.15) is 6.10 Å². The fourth-order valence-electron chi connectivity index (χ4n) is 2.29. The van der Waals surface area contributed by atoms with Gasteiger partial charge in [-0.3, -0.25) is 9.59 Å². The number of allylic oxidation sites excluding steroid dienone is 2. The van der Waals surface area contributed by atoms with Crippen molar-refractivity contribution in [2.45, 2.75) is 65.1 Å². The third-order valence-electron chi connectivity index (χ3n) is 3.40. The quantitative estimate of drug-likeness (QED) is 0.470. The Balaban J connectivity index is 4.51. The molecule has 0 aliphatic rings. The number of carbonyl (C=O) groups excluding carboxylic acids is 2. The molecule has 122 valence electrons. The Morgan fingerprint density at radius 2 is 1.90 bits per heavy atom. The van der Waals surface area contributed by atoms with Gasteiger partial charge in [-0.2, -0.15) is 0 Å². The molecule has 3 unspecified atom stereocenters. The molecular formula is C16H29NO4. The third-order valence-corrected chi connectivity index (χ3v) is 3.40. The van der Waals surface area contributed by atoms with E-state index < -0.39 is 24.1 Å². The van der Waals surface area contributed by atoms with E-state index in [9.17, 15) is 9.59 Å². The van der Waals surface area contributed by atoms with Gasteiger partial charge in [0, 0.05) is 14.0 Å². The molecule has 5 nitrogen and oxygen atoms in total. The number of esters is 1. The smallest absolute Gasteiger partial charge is 0.303 e. The SMILES string of the molecule is CCCC(/C=C/CCC(OC(C)=O)C(OC)C(N)=O)CC. The zero-order valence-corrected chi connectivity index (χ0v) is 13.6. The summed E-state index contributed by atoms with van der Waals surface area (Å²) in [6.45, 7) is 5.65. The van der Waals surface area contributed by atoms with E-state index in [-0.39, 0.29) is 0 Å². The minimum Gasteiger partial charge on any atom is -0.459 e. The van der Waals surface area contributed by atoms with Crippen molar-refractivity contribution in [3.63, 3.8) is 0 Å². The van der Waals surface area contributed by atoms with Gasteiger partial charge < -0.3 is 15.2 Å². The molecule has 0 saturated heterocycles. The zero-order valence-electron chi connectivity index (χ0n) is 13.6. The second kappa shape index (κ2) is 11.3. The van der Waals surface area contributed by atoms with Crippen molar-refractivity contribution >= 4 is 11.9 Å². The van der Waals surface area contributed by atoms with E-state index in [4.69, 9.17) is 15.2 Å². The Hall–Kier alpha value is -1.36. The van der Waals surface area contributed by atoms with Crippen molar-refractivity contribution in [1.29, 1.82) is 0 Å². The molecule has 0 aromatic rings.